The summed E-state index contributed by atoms with van der Waals surface area (Å²) in [5, 5.41) is 8.06. The number of rotatable bonds is 10. The van der Waals surface area contributed by atoms with Gasteiger partial charge < -0.3 is 19.7 Å². The first-order chi connectivity index (χ1) is 17.5. The van der Waals surface area contributed by atoms with Gasteiger partial charge in [0.05, 0.1) is 25.5 Å². The van der Waals surface area contributed by atoms with E-state index in [4.69, 9.17) is 14.6 Å². The van der Waals surface area contributed by atoms with Crippen LogP contribution in [0.3, 0.4) is 0 Å². The van der Waals surface area contributed by atoms with E-state index in [1.165, 1.54) is 12.8 Å². The highest BCUT2D eigenvalue weighted by molar-refractivity contribution is 6.00. The van der Waals surface area contributed by atoms with Crippen LogP contribution in [0, 0.1) is 0 Å². The number of nitrogens with one attached hydrogen (secondary N) is 1. The average molecular weight is 497 g/mol. The van der Waals surface area contributed by atoms with Crippen LogP contribution in [0.2, 0.25) is 0 Å². The molecular formula is C28H40N4O4. The van der Waals surface area contributed by atoms with Crippen LogP contribution in [0.25, 0.3) is 11.3 Å². The van der Waals surface area contributed by atoms with Crippen LogP contribution < -0.4 is 10.1 Å². The van der Waals surface area contributed by atoms with Crippen LogP contribution in [0.4, 0.5) is 0 Å². The van der Waals surface area contributed by atoms with Crippen molar-refractivity contribution in [1.82, 2.24) is 20.0 Å². The Labute approximate surface area is 214 Å². The van der Waals surface area contributed by atoms with Crippen LogP contribution in [0.5, 0.6) is 5.75 Å². The number of carbonyl (C=O) groups is 2. The molecule has 0 radical (unpaired) electrons. The molecule has 1 aliphatic heterocycles. The first-order valence-electron chi connectivity index (χ1n) is 13.4. The fraction of sp³-hybridized carbons (Fsp3) is 0.607. The summed E-state index contributed by atoms with van der Waals surface area (Å²) in [4.78, 5) is 29.1. The number of para-hydroxylation sites is 1. The van der Waals surface area contributed by atoms with Crippen LogP contribution >= 0.6 is 0 Å². The highest BCUT2D eigenvalue weighted by Gasteiger charge is 2.48. The third kappa shape index (κ3) is 5.59. The molecule has 0 unspecified atom stereocenters. The van der Waals surface area contributed by atoms with E-state index in [-0.39, 0.29) is 24.4 Å². The highest BCUT2D eigenvalue weighted by Crippen LogP contribution is 2.34. The van der Waals surface area contributed by atoms with Gasteiger partial charge in [-0.15, -0.1) is 0 Å². The van der Waals surface area contributed by atoms with Gasteiger partial charge >= 0.3 is 0 Å². The van der Waals surface area contributed by atoms with Gasteiger partial charge in [0.2, 0.25) is 5.91 Å². The third-order valence-electron chi connectivity index (χ3n) is 7.41. The number of hydrogen-bond donors (Lipinski definition) is 1. The quantitative estimate of drug-likeness (QED) is 0.389. The second-order valence-corrected chi connectivity index (χ2v) is 10.2. The molecular weight excluding hydrogens is 456 g/mol. The molecule has 2 aromatic rings. The molecule has 2 aliphatic rings. The van der Waals surface area contributed by atoms with Crippen LogP contribution in [-0.2, 0) is 16.1 Å². The lowest BCUT2D eigenvalue weighted by Gasteiger charge is -2.43. The number of carbonyl (C=O) groups excluding carboxylic acids is 2. The number of methoxy groups -OCH3 is 1. The zero-order valence-electron chi connectivity index (χ0n) is 21.9. The largest absolute Gasteiger partial charge is 0.493 e. The summed E-state index contributed by atoms with van der Waals surface area (Å²) in [5.41, 5.74) is 0.932. The summed E-state index contributed by atoms with van der Waals surface area (Å²) < 4.78 is 13.0. The first kappa shape index (κ1) is 26.2. The molecule has 2 heterocycles. The molecule has 1 aromatic carbocycles. The zero-order chi connectivity index (χ0) is 25.5. The Bertz CT molecular complexity index is 1040. The summed E-state index contributed by atoms with van der Waals surface area (Å²) in [7, 11) is 1.61. The van der Waals surface area contributed by atoms with Gasteiger partial charge in [-0.05, 0) is 44.4 Å². The van der Waals surface area contributed by atoms with Gasteiger partial charge in [-0.3, -0.25) is 14.3 Å². The maximum Gasteiger partial charge on any atom is 0.273 e. The van der Waals surface area contributed by atoms with Crippen molar-refractivity contribution < 1.29 is 19.1 Å². The normalized spacial score (nSPS) is 20.6. The second-order valence-electron chi connectivity index (χ2n) is 10.2. The number of hydrogen-bond acceptors (Lipinski definition) is 5. The Morgan fingerprint density at radius 3 is 2.64 bits per heavy atom. The van der Waals surface area contributed by atoms with Crippen molar-refractivity contribution in [3.8, 4) is 17.0 Å². The topological polar surface area (TPSA) is 85.7 Å². The number of fused-ring (bicyclic) bond motifs is 1. The van der Waals surface area contributed by atoms with Crippen molar-refractivity contribution in [2.45, 2.75) is 83.3 Å². The predicted molar refractivity (Wildman–Crippen MR) is 139 cm³/mol. The molecule has 1 aromatic heterocycles. The van der Waals surface area contributed by atoms with Crippen molar-refractivity contribution in [2.24, 2.45) is 0 Å². The molecule has 4 rings (SSSR count). The van der Waals surface area contributed by atoms with Gasteiger partial charge in [-0.25, -0.2) is 0 Å². The maximum atomic E-state index is 13.7. The number of aromatic nitrogens is 2. The second kappa shape index (κ2) is 11.9. The lowest BCUT2D eigenvalue weighted by Crippen LogP contribution is -2.65. The van der Waals surface area contributed by atoms with Crippen molar-refractivity contribution >= 4 is 11.8 Å². The van der Waals surface area contributed by atoms with E-state index in [2.05, 4.69) is 12.2 Å². The number of benzene rings is 1. The van der Waals surface area contributed by atoms with Gasteiger partial charge in [0.1, 0.15) is 17.0 Å². The van der Waals surface area contributed by atoms with Gasteiger partial charge in [-0.2, -0.15) is 5.10 Å². The van der Waals surface area contributed by atoms with Gasteiger partial charge in [0.15, 0.2) is 0 Å². The minimum absolute atomic E-state index is 0.121. The number of ether oxygens (including phenoxy) is 2. The van der Waals surface area contributed by atoms with Crippen LogP contribution in [0.1, 0.15) is 75.7 Å². The summed E-state index contributed by atoms with van der Waals surface area (Å²) in [5.74, 6) is 0.420. The maximum absolute atomic E-state index is 13.7. The molecule has 0 saturated heterocycles. The van der Waals surface area contributed by atoms with E-state index in [0.29, 0.717) is 31.1 Å². The molecule has 0 spiro atoms. The molecule has 8 heteroatoms. The first-order valence-corrected chi connectivity index (χ1v) is 13.4. The number of nitrogens with zero attached hydrogens (tertiary/aromatic N) is 3. The summed E-state index contributed by atoms with van der Waals surface area (Å²) in [6.07, 6.45) is 8.67. The van der Waals surface area contributed by atoms with E-state index in [0.717, 1.165) is 49.8 Å². The van der Waals surface area contributed by atoms with E-state index >= 15 is 0 Å². The molecule has 1 atom stereocenters. The van der Waals surface area contributed by atoms with E-state index in [1.54, 1.807) is 16.7 Å². The molecule has 1 saturated carbocycles. The zero-order valence-corrected chi connectivity index (χ0v) is 21.9. The summed E-state index contributed by atoms with van der Waals surface area (Å²) in [6, 6.07) is 9.73. The van der Waals surface area contributed by atoms with Crippen molar-refractivity contribution in [3.63, 3.8) is 0 Å². The Morgan fingerprint density at radius 2 is 1.92 bits per heavy atom. The average Bonchev–Trinajstić information content (AvgIpc) is 3.12. The minimum atomic E-state index is -1.06. The number of unbranched alkanes of at least 4 members (excludes halogenated alkanes) is 1. The standard InChI is InChI=1S/C28H40N4O4/c1-4-5-17-36-25-15-11-10-14-22(25)23-19-24-26(33)31(16-18-35-3)28(2,20-32(24)30-23)27(34)29-21-12-8-6-7-9-13-21/h10-11,14-15,19,21H,4-9,12-13,16-18,20H2,1-3H3,(H,29,34)/t28-/m1/s1. The lowest BCUT2D eigenvalue weighted by atomic mass is 9.94. The fourth-order valence-electron chi connectivity index (χ4n) is 5.20. The molecule has 36 heavy (non-hydrogen) atoms. The van der Waals surface area contributed by atoms with Gasteiger partial charge in [-0.1, -0.05) is 51.2 Å². The third-order valence-corrected chi connectivity index (χ3v) is 7.41. The fourth-order valence-corrected chi connectivity index (χ4v) is 5.20. The highest BCUT2D eigenvalue weighted by atomic mass is 16.5. The van der Waals surface area contributed by atoms with E-state index < -0.39 is 5.54 Å². The summed E-state index contributed by atoms with van der Waals surface area (Å²) in [6.45, 7) is 5.58. The molecule has 0 bridgehead atoms. The molecule has 8 nitrogen and oxygen atoms in total. The molecule has 2 amide bonds. The van der Waals surface area contributed by atoms with E-state index in [1.807, 2.05) is 37.3 Å². The van der Waals surface area contributed by atoms with Crippen LogP contribution in [-0.4, -0.2) is 64.9 Å². The Morgan fingerprint density at radius 1 is 1.17 bits per heavy atom. The minimum Gasteiger partial charge on any atom is -0.493 e. The Hall–Kier alpha value is -2.87. The van der Waals surface area contributed by atoms with Gasteiger partial charge in [0.25, 0.3) is 5.91 Å². The van der Waals surface area contributed by atoms with Crippen molar-refractivity contribution in [1.29, 1.82) is 0 Å². The Balaban J connectivity index is 1.63. The smallest absolute Gasteiger partial charge is 0.273 e. The van der Waals surface area contributed by atoms with Crippen molar-refractivity contribution in [2.75, 3.05) is 26.9 Å². The Kier molecular flexibility index (Phi) is 8.67. The predicted octanol–water partition coefficient (Wildman–Crippen LogP) is 4.43. The van der Waals surface area contributed by atoms with Gasteiger partial charge in [0, 0.05) is 25.3 Å². The molecule has 1 N–H and O–H groups in total. The van der Waals surface area contributed by atoms with E-state index in [9.17, 15) is 9.59 Å². The molecule has 1 fully saturated rings. The number of amides is 2. The monoisotopic (exact) mass is 496 g/mol. The summed E-state index contributed by atoms with van der Waals surface area (Å²) >= 11 is 0. The lowest BCUT2D eigenvalue weighted by molar-refractivity contribution is -0.134. The SMILES string of the molecule is CCCCOc1ccccc1-c1cc2n(n1)C[C@](C)(C(=O)NC1CCCCCC1)N(CCOC)C2=O. The van der Waals surface area contributed by atoms with Crippen molar-refractivity contribution in [3.05, 3.63) is 36.0 Å². The molecule has 196 valence electrons. The molecule has 1 aliphatic carbocycles. The van der Waals surface area contributed by atoms with Crippen LogP contribution in [0.15, 0.2) is 30.3 Å².